The molecule has 0 aromatic carbocycles. The molecule has 4 rings (SSSR count). The fourth-order valence-corrected chi connectivity index (χ4v) is 4.40. The maximum absolute atomic E-state index is 13.1. The van der Waals surface area contributed by atoms with E-state index in [1.54, 1.807) is 11.1 Å². The minimum Gasteiger partial charge on any atom is -0.342 e. The van der Waals surface area contributed by atoms with E-state index in [4.69, 9.17) is 0 Å². The third-order valence-electron chi connectivity index (χ3n) is 6.18. The highest BCUT2D eigenvalue weighted by molar-refractivity contribution is 5.84. The van der Waals surface area contributed by atoms with E-state index in [1.165, 1.54) is 0 Å². The van der Waals surface area contributed by atoms with Gasteiger partial charge >= 0.3 is 0 Å². The molecule has 0 saturated carbocycles. The lowest BCUT2D eigenvalue weighted by atomic mass is 9.91. The van der Waals surface area contributed by atoms with E-state index in [0.29, 0.717) is 31.8 Å². The number of amides is 2. The second-order valence-corrected chi connectivity index (χ2v) is 8.16. The first-order chi connectivity index (χ1) is 14.2. The second-order valence-electron chi connectivity index (χ2n) is 8.16. The van der Waals surface area contributed by atoms with Gasteiger partial charge in [0.1, 0.15) is 0 Å². The Morgan fingerprint density at radius 1 is 1.10 bits per heavy atom. The number of carbonyl (C=O) groups is 2. The van der Waals surface area contributed by atoms with Gasteiger partial charge in [0.2, 0.25) is 11.8 Å². The van der Waals surface area contributed by atoms with E-state index >= 15 is 0 Å². The summed E-state index contributed by atoms with van der Waals surface area (Å²) in [4.78, 5) is 33.5. The van der Waals surface area contributed by atoms with E-state index in [0.717, 1.165) is 44.6 Å². The number of pyridine rings is 1. The zero-order valence-electron chi connectivity index (χ0n) is 16.8. The number of likely N-dealkylation sites (tertiary alicyclic amines) is 2. The molecule has 4 heterocycles. The van der Waals surface area contributed by atoms with Crippen LogP contribution in [0.5, 0.6) is 0 Å². The highest BCUT2D eigenvalue weighted by atomic mass is 16.2. The van der Waals surface area contributed by atoms with Crippen LogP contribution in [-0.2, 0) is 22.7 Å². The molecule has 2 aliphatic rings. The molecule has 2 aromatic rings. The summed E-state index contributed by atoms with van der Waals surface area (Å²) in [5, 5.41) is 4.26. The minimum atomic E-state index is -0.0861. The van der Waals surface area contributed by atoms with Crippen molar-refractivity contribution in [3.8, 4) is 0 Å². The molecule has 29 heavy (non-hydrogen) atoms. The van der Waals surface area contributed by atoms with Crippen LogP contribution in [0.1, 0.15) is 37.8 Å². The Labute approximate surface area is 171 Å². The molecule has 154 valence electrons. The van der Waals surface area contributed by atoms with Crippen LogP contribution in [0.25, 0.3) is 0 Å². The first-order valence-electron chi connectivity index (χ1n) is 10.6. The summed E-state index contributed by atoms with van der Waals surface area (Å²) in [7, 11) is 0. The number of hydrogen-bond donors (Lipinski definition) is 0. The molecular formula is C22H29N5O2. The lowest BCUT2D eigenvalue weighted by Crippen LogP contribution is -2.48. The van der Waals surface area contributed by atoms with Gasteiger partial charge in [-0.05, 0) is 49.8 Å². The molecule has 1 atom stereocenters. The summed E-state index contributed by atoms with van der Waals surface area (Å²) in [5.41, 5.74) is 0.868. The molecular weight excluding hydrogens is 366 g/mol. The molecule has 2 aromatic heterocycles. The van der Waals surface area contributed by atoms with E-state index in [1.807, 2.05) is 46.2 Å². The minimum absolute atomic E-state index is 0.0861. The van der Waals surface area contributed by atoms with Gasteiger partial charge in [-0.3, -0.25) is 19.3 Å². The van der Waals surface area contributed by atoms with E-state index in [-0.39, 0.29) is 17.7 Å². The standard InChI is InChI=1S/C22H29N5O2/c28-21-6-5-19(16-26(21)17-20-4-1-2-10-23-20)22(29)25-13-7-18(8-14-25)9-15-27-12-3-11-24-27/h1-4,10-12,18-19H,5-9,13-17H2. The third kappa shape index (κ3) is 5.02. The average Bonchev–Trinajstić information content (AvgIpc) is 3.28. The summed E-state index contributed by atoms with van der Waals surface area (Å²) in [6.45, 7) is 3.59. The molecule has 0 bridgehead atoms. The number of piperidine rings is 2. The average molecular weight is 396 g/mol. The fourth-order valence-electron chi connectivity index (χ4n) is 4.40. The van der Waals surface area contributed by atoms with Crippen molar-refractivity contribution in [2.75, 3.05) is 19.6 Å². The van der Waals surface area contributed by atoms with Crippen molar-refractivity contribution >= 4 is 11.8 Å². The Morgan fingerprint density at radius 2 is 1.97 bits per heavy atom. The predicted molar refractivity (Wildman–Crippen MR) is 109 cm³/mol. The van der Waals surface area contributed by atoms with E-state index in [2.05, 4.69) is 10.1 Å². The Morgan fingerprint density at radius 3 is 2.69 bits per heavy atom. The molecule has 0 aliphatic carbocycles. The molecule has 0 spiro atoms. The van der Waals surface area contributed by atoms with Crippen LogP contribution < -0.4 is 0 Å². The summed E-state index contributed by atoms with van der Waals surface area (Å²) in [6, 6.07) is 7.67. The maximum Gasteiger partial charge on any atom is 0.227 e. The molecule has 2 aliphatic heterocycles. The van der Waals surface area contributed by atoms with Crippen molar-refractivity contribution in [2.45, 2.75) is 45.2 Å². The number of nitrogens with zero attached hydrogens (tertiary/aromatic N) is 5. The maximum atomic E-state index is 13.1. The molecule has 0 radical (unpaired) electrons. The topological polar surface area (TPSA) is 71.3 Å². The van der Waals surface area contributed by atoms with Crippen LogP contribution in [-0.4, -0.2) is 56.0 Å². The van der Waals surface area contributed by atoms with Crippen LogP contribution >= 0.6 is 0 Å². The van der Waals surface area contributed by atoms with Gasteiger partial charge in [0.05, 0.1) is 18.2 Å². The largest absolute Gasteiger partial charge is 0.342 e. The van der Waals surface area contributed by atoms with Crippen LogP contribution in [0.3, 0.4) is 0 Å². The van der Waals surface area contributed by atoms with Gasteiger partial charge in [-0.15, -0.1) is 0 Å². The van der Waals surface area contributed by atoms with Crippen molar-refractivity contribution in [3.63, 3.8) is 0 Å². The SMILES string of the molecule is O=C1CCC(C(=O)N2CCC(CCn3cccn3)CC2)CN1Cc1ccccn1. The van der Waals surface area contributed by atoms with Crippen LogP contribution in [0.15, 0.2) is 42.9 Å². The monoisotopic (exact) mass is 395 g/mol. The fraction of sp³-hybridized carbons (Fsp3) is 0.545. The van der Waals surface area contributed by atoms with Gasteiger partial charge in [0.25, 0.3) is 0 Å². The highest BCUT2D eigenvalue weighted by Crippen LogP contribution is 2.26. The molecule has 2 saturated heterocycles. The molecule has 2 amide bonds. The summed E-state index contributed by atoms with van der Waals surface area (Å²) >= 11 is 0. The first-order valence-corrected chi connectivity index (χ1v) is 10.6. The molecule has 0 N–H and O–H groups in total. The third-order valence-corrected chi connectivity index (χ3v) is 6.18. The highest BCUT2D eigenvalue weighted by Gasteiger charge is 2.34. The number of aryl methyl sites for hydroxylation is 1. The number of rotatable bonds is 6. The Hall–Kier alpha value is -2.70. The van der Waals surface area contributed by atoms with Crippen molar-refractivity contribution < 1.29 is 9.59 Å². The summed E-state index contributed by atoms with van der Waals surface area (Å²) in [5.74, 6) is 0.903. The smallest absolute Gasteiger partial charge is 0.227 e. The lowest BCUT2D eigenvalue weighted by molar-refractivity contribution is -0.144. The zero-order valence-corrected chi connectivity index (χ0v) is 16.8. The molecule has 7 nitrogen and oxygen atoms in total. The number of carbonyl (C=O) groups excluding carboxylic acids is 2. The predicted octanol–water partition coefficient (Wildman–Crippen LogP) is 2.35. The number of hydrogen-bond acceptors (Lipinski definition) is 4. The van der Waals surface area contributed by atoms with E-state index in [9.17, 15) is 9.59 Å². The van der Waals surface area contributed by atoms with Gasteiger partial charge in [0, 0.05) is 51.2 Å². The number of aromatic nitrogens is 3. The van der Waals surface area contributed by atoms with E-state index < -0.39 is 0 Å². The molecule has 1 unspecified atom stereocenters. The Kier molecular flexibility index (Phi) is 6.22. The van der Waals surface area contributed by atoms with Gasteiger partial charge in [-0.1, -0.05) is 6.07 Å². The van der Waals surface area contributed by atoms with Crippen LogP contribution in [0.4, 0.5) is 0 Å². The Bertz CT molecular complexity index is 800. The van der Waals surface area contributed by atoms with Crippen molar-refractivity contribution in [1.29, 1.82) is 0 Å². The quantitative estimate of drug-likeness (QED) is 0.753. The van der Waals surface area contributed by atoms with Gasteiger partial charge < -0.3 is 9.80 Å². The van der Waals surface area contributed by atoms with Crippen molar-refractivity contribution in [1.82, 2.24) is 24.6 Å². The normalized spacial score (nSPS) is 20.8. The Balaban J connectivity index is 1.26. The summed E-state index contributed by atoms with van der Waals surface area (Å²) in [6.07, 6.45) is 9.88. The lowest BCUT2D eigenvalue weighted by Gasteiger charge is -2.37. The van der Waals surface area contributed by atoms with Crippen molar-refractivity contribution in [2.24, 2.45) is 11.8 Å². The zero-order chi connectivity index (χ0) is 20.1. The van der Waals surface area contributed by atoms with Crippen LogP contribution in [0.2, 0.25) is 0 Å². The van der Waals surface area contributed by atoms with Gasteiger partial charge in [-0.2, -0.15) is 5.10 Å². The molecule has 2 fully saturated rings. The summed E-state index contributed by atoms with van der Waals surface area (Å²) < 4.78 is 1.98. The van der Waals surface area contributed by atoms with Crippen molar-refractivity contribution in [3.05, 3.63) is 48.5 Å². The van der Waals surface area contributed by atoms with Gasteiger partial charge in [-0.25, -0.2) is 0 Å². The first kappa shape index (κ1) is 19.6. The molecule has 7 heteroatoms. The second kappa shape index (κ2) is 9.20. The van der Waals surface area contributed by atoms with Crippen LogP contribution in [0, 0.1) is 11.8 Å². The van der Waals surface area contributed by atoms with Gasteiger partial charge in [0.15, 0.2) is 0 Å².